The predicted octanol–water partition coefficient (Wildman–Crippen LogP) is 0.641. The molecule has 1 unspecified atom stereocenters. The fourth-order valence-corrected chi connectivity index (χ4v) is 2.22. The largest absolute Gasteiger partial charge is 0.374 e. The normalized spacial score (nSPS) is 20.3. The number of imidazole rings is 1. The highest BCUT2D eigenvalue weighted by molar-refractivity contribution is 5.74. The summed E-state index contributed by atoms with van der Waals surface area (Å²) in [5.41, 5.74) is 3.36. The van der Waals surface area contributed by atoms with Crippen molar-refractivity contribution in [1.82, 2.24) is 20.6 Å². The van der Waals surface area contributed by atoms with Gasteiger partial charge in [-0.15, -0.1) is 0 Å². The minimum Gasteiger partial charge on any atom is -0.374 e. The van der Waals surface area contributed by atoms with E-state index in [0.717, 1.165) is 43.8 Å². The third-order valence-electron chi connectivity index (χ3n) is 3.19. The highest BCUT2D eigenvalue weighted by Gasteiger charge is 2.12. The highest BCUT2D eigenvalue weighted by atomic mass is 16.5. The van der Waals surface area contributed by atoms with Crippen molar-refractivity contribution < 1.29 is 4.74 Å². The summed E-state index contributed by atoms with van der Waals surface area (Å²) in [7, 11) is 0. The molecular formula is C13H18N4O. The Hall–Kier alpha value is -1.43. The number of morpholine rings is 1. The van der Waals surface area contributed by atoms with Crippen molar-refractivity contribution in [2.75, 3.05) is 26.2 Å². The van der Waals surface area contributed by atoms with E-state index in [0.29, 0.717) is 0 Å². The van der Waals surface area contributed by atoms with Crippen molar-refractivity contribution in [2.24, 2.45) is 0 Å². The van der Waals surface area contributed by atoms with Gasteiger partial charge in [-0.3, -0.25) is 0 Å². The lowest BCUT2D eigenvalue weighted by molar-refractivity contribution is 0.0291. The van der Waals surface area contributed by atoms with E-state index < -0.39 is 0 Å². The van der Waals surface area contributed by atoms with Gasteiger partial charge in [0.15, 0.2) is 0 Å². The van der Waals surface area contributed by atoms with Crippen molar-refractivity contribution in [3.8, 4) is 0 Å². The monoisotopic (exact) mass is 246 g/mol. The predicted molar refractivity (Wildman–Crippen MR) is 70.4 cm³/mol. The van der Waals surface area contributed by atoms with E-state index in [9.17, 15) is 0 Å². The molecular weight excluding hydrogens is 228 g/mol. The third-order valence-corrected chi connectivity index (χ3v) is 3.19. The summed E-state index contributed by atoms with van der Waals surface area (Å²) in [6, 6.07) is 6.28. The van der Waals surface area contributed by atoms with Gasteiger partial charge in [0.1, 0.15) is 0 Å². The van der Waals surface area contributed by atoms with E-state index in [1.807, 2.05) is 6.07 Å². The van der Waals surface area contributed by atoms with Crippen LogP contribution < -0.4 is 10.6 Å². The van der Waals surface area contributed by atoms with E-state index >= 15 is 0 Å². The number of nitrogens with one attached hydrogen (secondary N) is 3. The first-order chi connectivity index (χ1) is 8.92. The average Bonchev–Trinajstić information content (AvgIpc) is 2.87. The number of rotatable bonds is 4. The quantitative estimate of drug-likeness (QED) is 0.741. The number of ether oxygens (including phenoxy) is 1. The number of H-pyrrole nitrogens is 1. The molecule has 0 amide bonds. The Kier molecular flexibility index (Phi) is 3.54. The molecule has 1 atom stereocenters. The van der Waals surface area contributed by atoms with Crippen LogP contribution in [0.15, 0.2) is 24.5 Å². The topological polar surface area (TPSA) is 62.0 Å². The third kappa shape index (κ3) is 2.69. The van der Waals surface area contributed by atoms with Crippen LogP contribution in [0.25, 0.3) is 11.0 Å². The van der Waals surface area contributed by atoms with E-state index in [1.54, 1.807) is 6.33 Å². The molecule has 3 N–H and O–H groups in total. The smallest absolute Gasteiger partial charge is 0.0931 e. The average molecular weight is 246 g/mol. The zero-order valence-corrected chi connectivity index (χ0v) is 10.3. The van der Waals surface area contributed by atoms with Crippen LogP contribution in [0.2, 0.25) is 0 Å². The molecule has 0 aliphatic carbocycles. The Balaban J connectivity index is 1.52. The van der Waals surface area contributed by atoms with Crippen LogP contribution in [0.5, 0.6) is 0 Å². The maximum Gasteiger partial charge on any atom is 0.0931 e. The van der Waals surface area contributed by atoms with Gasteiger partial charge < -0.3 is 20.4 Å². The molecule has 0 spiro atoms. The van der Waals surface area contributed by atoms with Crippen LogP contribution in [-0.2, 0) is 11.3 Å². The molecule has 1 saturated heterocycles. The van der Waals surface area contributed by atoms with E-state index in [1.165, 1.54) is 5.56 Å². The molecule has 1 aromatic heterocycles. The molecule has 5 heteroatoms. The number of aromatic nitrogens is 2. The number of hydrogen-bond donors (Lipinski definition) is 3. The molecule has 3 rings (SSSR count). The first-order valence-corrected chi connectivity index (χ1v) is 6.37. The lowest BCUT2D eigenvalue weighted by Gasteiger charge is -2.23. The summed E-state index contributed by atoms with van der Waals surface area (Å²) in [6.07, 6.45) is 2.01. The van der Waals surface area contributed by atoms with Gasteiger partial charge in [-0.2, -0.15) is 0 Å². The van der Waals surface area contributed by atoms with E-state index in [-0.39, 0.29) is 6.10 Å². The summed E-state index contributed by atoms with van der Waals surface area (Å²) in [4.78, 5) is 7.34. The lowest BCUT2D eigenvalue weighted by Crippen LogP contribution is -2.43. The van der Waals surface area contributed by atoms with E-state index in [4.69, 9.17) is 4.74 Å². The summed E-state index contributed by atoms with van der Waals surface area (Å²) in [5.74, 6) is 0. The standard InChI is InChI=1S/C13H18N4O/c1-2-12-13(17-9-16-12)5-10(1)6-15-8-11-7-14-3-4-18-11/h1-2,5,9,11,14-15H,3-4,6-8H2,(H,16,17). The summed E-state index contributed by atoms with van der Waals surface area (Å²) in [6.45, 7) is 4.45. The second kappa shape index (κ2) is 5.48. The minimum absolute atomic E-state index is 0.287. The lowest BCUT2D eigenvalue weighted by atomic mass is 10.2. The first-order valence-electron chi connectivity index (χ1n) is 6.37. The van der Waals surface area contributed by atoms with Crippen LogP contribution in [0.1, 0.15) is 5.56 Å². The van der Waals surface area contributed by atoms with Gasteiger partial charge in [0, 0.05) is 26.2 Å². The summed E-state index contributed by atoms with van der Waals surface area (Å²) < 4.78 is 5.63. The Morgan fingerprint density at radius 2 is 2.44 bits per heavy atom. The van der Waals surface area contributed by atoms with Crippen LogP contribution in [0.4, 0.5) is 0 Å². The molecule has 1 fully saturated rings. The molecule has 0 saturated carbocycles. The molecule has 96 valence electrons. The summed E-state index contributed by atoms with van der Waals surface area (Å²) >= 11 is 0. The molecule has 18 heavy (non-hydrogen) atoms. The van der Waals surface area contributed by atoms with Gasteiger partial charge >= 0.3 is 0 Å². The van der Waals surface area contributed by atoms with Crippen molar-refractivity contribution in [3.63, 3.8) is 0 Å². The fraction of sp³-hybridized carbons (Fsp3) is 0.462. The molecule has 1 aliphatic rings. The van der Waals surface area contributed by atoms with Gasteiger partial charge in [0.25, 0.3) is 0 Å². The summed E-state index contributed by atoms with van der Waals surface area (Å²) in [5, 5.41) is 6.75. The SMILES string of the molecule is c1nc2ccc(CNCC3CNCCO3)cc2[nH]1. The zero-order chi connectivity index (χ0) is 12.2. The molecule has 5 nitrogen and oxygen atoms in total. The Bertz CT molecular complexity index is 504. The van der Waals surface area contributed by atoms with Crippen LogP contribution in [0.3, 0.4) is 0 Å². The van der Waals surface area contributed by atoms with Gasteiger partial charge in [-0.05, 0) is 17.7 Å². The van der Waals surface area contributed by atoms with Crippen molar-refractivity contribution in [3.05, 3.63) is 30.1 Å². The number of nitrogens with zero attached hydrogens (tertiary/aromatic N) is 1. The molecule has 0 radical (unpaired) electrons. The number of benzene rings is 1. The van der Waals surface area contributed by atoms with Crippen molar-refractivity contribution in [2.45, 2.75) is 12.6 Å². The maximum atomic E-state index is 5.63. The van der Waals surface area contributed by atoms with Crippen molar-refractivity contribution >= 4 is 11.0 Å². The number of hydrogen-bond acceptors (Lipinski definition) is 4. The molecule has 1 aliphatic heterocycles. The number of aromatic amines is 1. The molecule has 2 aromatic rings. The fourth-order valence-electron chi connectivity index (χ4n) is 2.22. The van der Waals surface area contributed by atoms with Crippen LogP contribution in [0, 0.1) is 0 Å². The number of fused-ring (bicyclic) bond motifs is 1. The van der Waals surface area contributed by atoms with Gasteiger partial charge in [0.05, 0.1) is 30.1 Å². The molecule has 0 bridgehead atoms. The second-order valence-corrected chi connectivity index (χ2v) is 4.58. The maximum absolute atomic E-state index is 5.63. The first kappa shape index (κ1) is 11.6. The molecule has 2 heterocycles. The zero-order valence-electron chi connectivity index (χ0n) is 10.3. The second-order valence-electron chi connectivity index (χ2n) is 4.58. The van der Waals surface area contributed by atoms with Gasteiger partial charge in [0.2, 0.25) is 0 Å². The Morgan fingerprint density at radius 3 is 3.33 bits per heavy atom. The highest BCUT2D eigenvalue weighted by Crippen LogP contribution is 2.11. The van der Waals surface area contributed by atoms with Crippen LogP contribution >= 0.6 is 0 Å². The minimum atomic E-state index is 0.287. The molecule has 1 aromatic carbocycles. The van der Waals surface area contributed by atoms with Gasteiger partial charge in [-0.25, -0.2) is 4.98 Å². The van der Waals surface area contributed by atoms with E-state index in [2.05, 4.69) is 32.7 Å². The Morgan fingerprint density at radius 1 is 1.44 bits per heavy atom. The van der Waals surface area contributed by atoms with Gasteiger partial charge in [-0.1, -0.05) is 6.07 Å². The van der Waals surface area contributed by atoms with Crippen molar-refractivity contribution in [1.29, 1.82) is 0 Å². The Labute approximate surface area is 106 Å². The van der Waals surface area contributed by atoms with Crippen LogP contribution in [-0.4, -0.2) is 42.3 Å².